The molecule has 2 aromatic heterocycles. The molecule has 0 aliphatic rings. The molecule has 134 valence electrons. The van der Waals surface area contributed by atoms with Crippen LogP contribution < -0.4 is 10.2 Å². The molecule has 2 heterocycles. The standard InChI is InChI=1S/C18H17N3O4S/c22-11-15-3-4-17(26-15)21(18(24)25)8-6-16(23)20-14-2-1-13-10-19-7-5-12(13)9-14/h1-5,7,9-10,22H,6,8,11H2,(H,20,23)(H,24,25). The minimum absolute atomic E-state index is 0.0209. The van der Waals surface area contributed by atoms with Crippen molar-refractivity contribution in [3.05, 3.63) is 53.7 Å². The van der Waals surface area contributed by atoms with Gasteiger partial charge >= 0.3 is 6.09 Å². The van der Waals surface area contributed by atoms with Gasteiger partial charge in [0.05, 0.1) is 6.61 Å². The Morgan fingerprint density at radius 2 is 2.00 bits per heavy atom. The average Bonchev–Trinajstić information content (AvgIpc) is 3.10. The van der Waals surface area contributed by atoms with Crippen molar-refractivity contribution in [1.29, 1.82) is 0 Å². The van der Waals surface area contributed by atoms with Crippen molar-refractivity contribution in [3.63, 3.8) is 0 Å². The molecule has 0 bridgehead atoms. The van der Waals surface area contributed by atoms with E-state index in [1.807, 2.05) is 18.2 Å². The van der Waals surface area contributed by atoms with Crippen LogP contribution in [0.15, 0.2) is 48.8 Å². The van der Waals surface area contributed by atoms with Crippen LogP contribution in [0.1, 0.15) is 11.3 Å². The highest BCUT2D eigenvalue weighted by Gasteiger charge is 2.18. The zero-order valence-corrected chi connectivity index (χ0v) is 14.6. The molecule has 0 fully saturated rings. The molecule has 0 atom stereocenters. The van der Waals surface area contributed by atoms with E-state index in [0.717, 1.165) is 15.7 Å². The number of thiophene rings is 1. The SMILES string of the molecule is O=C(CCN(C(=O)O)c1ccc(CO)s1)Nc1ccc2cnccc2c1. The van der Waals surface area contributed by atoms with Crippen LogP contribution in [0.3, 0.4) is 0 Å². The van der Waals surface area contributed by atoms with Gasteiger partial charge in [0, 0.05) is 41.3 Å². The number of hydrogen-bond donors (Lipinski definition) is 3. The van der Waals surface area contributed by atoms with E-state index in [0.29, 0.717) is 15.6 Å². The maximum atomic E-state index is 12.2. The number of carboxylic acid groups (broad SMARTS) is 1. The smallest absolute Gasteiger partial charge is 0.412 e. The van der Waals surface area contributed by atoms with Crippen LogP contribution >= 0.6 is 11.3 Å². The van der Waals surface area contributed by atoms with Crippen molar-refractivity contribution >= 4 is 44.8 Å². The highest BCUT2D eigenvalue weighted by Crippen LogP contribution is 2.26. The van der Waals surface area contributed by atoms with E-state index in [2.05, 4.69) is 10.3 Å². The Hall–Kier alpha value is -2.97. The van der Waals surface area contributed by atoms with Gasteiger partial charge in [0.1, 0.15) is 5.00 Å². The third kappa shape index (κ3) is 4.16. The van der Waals surface area contributed by atoms with Crippen molar-refractivity contribution in [2.75, 3.05) is 16.8 Å². The molecule has 2 amide bonds. The Balaban J connectivity index is 1.63. The number of anilines is 2. The van der Waals surface area contributed by atoms with Gasteiger partial charge in [-0.1, -0.05) is 6.07 Å². The summed E-state index contributed by atoms with van der Waals surface area (Å²) in [6.45, 7) is -0.111. The number of aromatic nitrogens is 1. The summed E-state index contributed by atoms with van der Waals surface area (Å²) in [5.41, 5.74) is 0.647. The van der Waals surface area contributed by atoms with Crippen molar-refractivity contribution in [2.45, 2.75) is 13.0 Å². The Morgan fingerprint density at radius 3 is 2.73 bits per heavy atom. The first-order valence-electron chi connectivity index (χ1n) is 7.90. The molecule has 7 nitrogen and oxygen atoms in total. The molecule has 3 N–H and O–H groups in total. The maximum absolute atomic E-state index is 12.2. The second-order valence-electron chi connectivity index (χ2n) is 5.57. The lowest BCUT2D eigenvalue weighted by Gasteiger charge is -2.17. The second-order valence-corrected chi connectivity index (χ2v) is 6.71. The third-order valence-corrected chi connectivity index (χ3v) is 4.88. The molecule has 1 aromatic carbocycles. The highest BCUT2D eigenvalue weighted by molar-refractivity contribution is 7.16. The Labute approximate surface area is 153 Å². The highest BCUT2D eigenvalue weighted by atomic mass is 32.1. The van der Waals surface area contributed by atoms with E-state index in [1.54, 1.807) is 30.6 Å². The zero-order valence-electron chi connectivity index (χ0n) is 13.8. The normalized spacial score (nSPS) is 10.7. The molecule has 0 spiro atoms. The van der Waals surface area contributed by atoms with E-state index in [4.69, 9.17) is 5.11 Å². The summed E-state index contributed by atoms with van der Waals surface area (Å²) in [6, 6.07) is 10.6. The van der Waals surface area contributed by atoms with Crippen LogP contribution in [-0.4, -0.2) is 33.7 Å². The predicted molar refractivity (Wildman–Crippen MR) is 101 cm³/mol. The lowest BCUT2D eigenvalue weighted by molar-refractivity contribution is -0.116. The van der Waals surface area contributed by atoms with Crippen LogP contribution in [0.4, 0.5) is 15.5 Å². The minimum atomic E-state index is -1.14. The van der Waals surface area contributed by atoms with E-state index < -0.39 is 6.09 Å². The topological polar surface area (TPSA) is 103 Å². The number of carbonyl (C=O) groups excluding carboxylic acids is 1. The van der Waals surface area contributed by atoms with Crippen molar-refractivity contribution < 1.29 is 19.8 Å². The molecule has 26 heavy (non-hydrogen) atoms. The molecule has 8 heteroatoms. The minimum Gasteiger partial charge on any atom is -0.465 e. The van der Waals surface area contributed by atoms with Gasteiger partial charge in [0.15, 0.2) is 0 Å². The lowest BCUT2D eigenvalue weighted by atomic mass is 10.1. The number of benzene rings is 1. The quantitative estimate of drug-likeness (QED) is 0.617. The summed E-state index contributed by atoms with van der Waals surface area (Å²) < 4.78 is 0. The van der Waals surface area contributed by atoms with E-state index in [1.165, 1.54) is 11.3 Å². The number of pyridine rings is 1. The Kier molecular flexibility index (Phi) is 5.45. The van der Waals surface area contributed by atoms with E-state index in [9.17, 15) is 14.7 Å². The van der Waals surface area contributed by atoms with Gasteiger partial charge in [-0.3, -0.25) is 14.7 Å². The summed E-state index contributed by atoms with van der Waals surface area (Å²) in [7, 11) is 0. The zero-order chi connectivity index (χ0) is 18.5. The molecule has 0 saturated carbocycles. The van der Waals surface area contributed by atoms with Crippen molar-refractivity contribution in [3.8, 4) is 0 Å². The summed E-state index contributed by atoms with van der Waals surface area (Å²) >= 11 is 1.18. The first-order chi connectivity index (χ1) is 12.6. The van der Waals surface area contributed by atoms with Gasteiger partial charge < -0.3 is 15.5 Å². The molecular formula is C18H17N3O4S. The van der Waals surface area contributed by atoms with Crippen LogP contribution in [-0.2, 0) is 11.4 Å². The molecule has 0 unspecified atom stereocenters. The van der Waals surface area contributed by atoms with Crippen molar-refractivity contribution in [2.24, 2.45) is 0 Å². The maximum Gasteiger partial charge on any atom is 0.412 e. The first-order valence-corrected chi connectivity index (χ1v) is 8.72. The predicted octanol–water partition coefficient (Wildman–Crippen LogP) is 3.30. The summed E-state index contributed by atoms with van der Waals surface area (Å²) in [6.07, 6.45) is 2.31. The van der Waals surface area contributed by atoms with Gasteiger partial charge in [-0.2, -0.15) is 0 Å². The first kappa shape index (κ1) is 17.8. The van der Waals surface area contributed by atoms with Crippen LogP contribution in [0.5, 0.6) is 0 Å². The Morgan fingerprint density at radius 1 is 1.15 bits per heavy atom. The molecule has 3 rings (SSSR count). The number of aliphatic hydroxyl groups is 1. The van der Waals surface area contributed by atoms with Gasteiger partial charge in [0.25, 0.3) is 0 Å². The number of aliphatic hydroxyl groups excluding tert-OH is 1. The monoisotopic (exact) mass is 371 g/mol. The fourth-order valence-corrected chi connectivity index (χ4v) is 3.38. The summed E-state index contributed by atoms with van der Waals surface area (Å²) in [5, 5.41) is 23.7. The van der Waals surface area contributed by atoms with Gasteiger partial charge in [-0.15, -0.1) is 11.3 Å². The number of fused-ring (bicyclic) bond motifs is 1. The Bertz CT molecular complexity index is 941. The fourth-order valence-electron chi connectivity index (χ4n) is 2.49. The molecule has 0 saturated heterocycles. The van der Waals surface area contributed by atoms with Crippen LogP contribution in [0, 0.1) is 0 Å². The number of rotatable bonds is 6. The molecule has 0 aliphatic carbocycles. The number of nitrogens with one attached hydrogen (secondary N) is 1. The average molecular weight is 371 g/mol. The second kappa shape index (κ2) is 7.94. The summed E-state index contributed by atoms with van der Waals surface area (Å²) in [5.74, 6) is -0.274. The molecule has 0 radical (unpaired) electrons. The fraction of sp³-hybridized carbons (Fsp3) is 0.167. The molecular weight excluding hydrogens is 354 g/mol. The van der Waals surface area contributed by atoms with Gasteiger partial charge in [-0.25, -0.2) is 4.79 Å². The lowest BCUT2D eigenvalue weighted by Crippen LogP contribution is -2.31. The molecule has 0 aliphatic heterocycles. The van der Waals surface area contributed by atoms with Gasteiger partial charge in [0.2, 0.25) is 5.91 Å². The largest absolute Gasteiger partial charge is 0.465 e. The number of amides is 2. The van der Waals surface area contributed by atoms with Crippen LogP contribution in [0.25, 0.3) is 10.8 Å². The number of hydrogen-bond acceptors (Lipinski definition) is 5. The van der Waals surface area contributed by atoms with Gasteiger partial charge in [-0.05, 0) is 35.7 Å². The van der Waals surface area contributed by atoms with E-state index in [-0.39, 0.29) is 25.5 Å². The molecule has 3 aromatic rings. The number of nitrogens with zero attached hydrogens (tertiary/aromatic N) is 2. The van der Waals surface area contributed by atoms with Crippen molar-refractivity contribution in [1.82, 2.24) is 4.98 Å². The summed E-state index contributed by atoms with van der Waals surface area (Å²) in [4.78, 5) is 29.5. The number of carbonyl (C=O) groups is 2. The van der Waals surface area contributed by atoms with E-state index >= 15 is 0 Å². The third-order valence-electron chi connectivity index (χ3n) is 3.79. The van der Waals surface area contributed by atoms with Crippen LogP contribution in [0.2, 0.25) is 0 Å².